The van der Waals surface area contributed by atoms with Gasteiger partial charge in [-0.2, -0.15) is 0 Å². The summed E-state index contributed by atoms with van der Waals surface area (Å²) < 4.78 is 11.1. The number of amides is 1. The molecule has 1 amide bonds. The number of anilines is 1. The number of carbonyl (C=O) groups is 1. The molecule has 128 valence electrons. The number of rotatable bonds is 8. The molecule has 1 aromatic carbocycles. The standard InChI is InChI=1S/C18H28N2O3/c1-4-7-8-15(20(5-2)6-3)18(21)19-14-9-10-16-17(13-14)23-12-11-22-16/h9-10,13,15H,4-8,11-12H2,1-3H3,(H,19,21). The third-order valence-electron chi connectivity index (χ3n) is 4.20. The van der Waals surface area contributed by atoms with Gasteiger partial charge in [0.05, 0.1) is 6.04 Å². The highest BCUT2D eigenvalue weighted by Gasteiger charge is 2.24. The molecule has 1 unspecified atom stereocenters. The second-order valence-corrected chi connectivity index (χ2v) is 5.73. The molecule has 1 N–H and O–H groups in total. The van der Waals surface area contributed by atoms with Crippen molar-refractivity contribution in [1.29, 1.82) is 0 Å². The van der Waals surface area contributed by atoms with E-state index in [1.54, 1.807) is 0 Å². The lowest BCUT2D eigenvalue weighted by molar-refractivity contribution is -0.121. The number of benzene rings is 1. The van der Waals surface area contributed by atoms with Crippen LogP contribution < -0.4 is 14.8 Å². The maximum Gasteiger partial charge on any atom is 0.241 e. The summed E-state index contributed by atoms with van der Waals surface area (Å²) in [6.07, 6.45) is 3.03. The molecule has 0 radical (unpaired) electrons. The predicted molar refractivity (Wildman–Crippen MR) is 92.3 cm³/mol. The minimum absolute atomic E-state index is 0.0545. The average Bonchev–Trinajstić information content (AvgIpc) is 2.58. The summed E-state index contributed by atoms with van der Waals surface area (Å²) >= 11 is 0. The zero-order valence-electron chi connectivity index (χ0n) is 14.4. The molecule has 0 saturated carbocycles. The summed E-state index contributed by atoms with van der Waals surface area (Å²) in [6.45, 7) is 9.21. The van der Waals surface area contributed by atoms with Gasteiger partial charge < -0.3 is 14.8 Å². The summed E-state index contributed by atoms with van der Waals surface area (Å²) in [5.41, 5.74) is 0.757. The van der Waals surface area contributed by atoms with Crippen LogP contribution in [0.5, 0.6) is 11.5 Å². The normalized spacial score (nSPS) is 14.6. The highest BCUT2D eigenvalue weighted by Crippen LogP contribution is 2.32. The van der Waals surface area contributed by atoms with Crippen molar-refractivity contribution in [3.63, 3.8) is 0 Å². The molecule has 1 aliphatic rings. The summed E-state index contributed by atoms with van der Waals surface area (Å²) in [6, 6.07) is 5.47. The van der Waals surface area contributed by atoms with Gasteiger partial charge in [0.1, 0.15) is 13.2 Å². The number of ether oxygens (including phenoxy) is 2. The maximum absolute atomic E-state index is 12.7. The lowest BCUT2D eigenvalue weighted by Gasteiger charge is -2.28. The molecule has 0 spiro atoms. The van der Waals surface area contributed by atoms with Crippen LogP contribution in [0, 0.1) is 0 Å². The van der Waals surface area contributed by atoms with E-state index in [1.807, 2.05) is 18.2 Å². The first-order valence-corrected chi connectivity index (χ1v) is 8.64. The Balaban J connectivity index is 2.07. The maximum atomic E-state index is 12.7. The van der Waals surface area contributed by atoms with Crippen LogP contribution >= 0.6 is 0 Å². The fraction of sp³-hybridized carbons (Fsp3) is 0.611. The Bertz CT molecular complexity index is 515. The first kappa shape index (κ1) is 17.6. The molecule has 0 aromatic heterocycles. The van der Waals surface area contributed by atoms with Gasteiger partial charge >= 0.3 is 0 Å². The molecule has 0 fully saturated rings. The number of hydrogen-bond donors (Lipinski definition) is 1. The van der Waals surface area contributed by atoms with Crippen LogP contribution in [0.4, 0.5) is 5.69 Å². The first-order chi connectivity index (χ1) is 11.2. The van der Waals surface area contributed by atoms with E-state index in [9.17, 15) is 4.79 Å². The van der Waals surface area contributed by atoms with Gasteiger partial charge in [-0.1, -0.05) is 33.6 Å². The van der Waals surface area contributed by atoms with Crippen molar-refractivity contribution in [2.75, 3.05) is 31.6 Å². The van der Waals surface area contributed by atoms with Crippen LogP contribution in [-0.4, -0.2) is 43.2 Å². The van der Waals surface area contributed by atoms with Gasteiger partial charge in [0.25, 0.3) is 0 Å². The van der Waals surface area contributed by atoms with Gasteiger partial charge in [-0.3, -0.25) is 9.69 Å². The van der Waals surface area contributed by atoms with E-state index >= 15 is 0 Å². The Morgan fingerprint density at radius 1 is 1.17 bits per heavy atom. The quantitative estimate of drug-likeness (QED) is 0.798. The van der Waals surface area contributed by atoms with Gasteiger partial charge in [-0.25, -0.2) is 0 Å². The smallest absolute Gasteiger partial charge is 0.241 e. The third kappa shape index (κ3) is 4.61. The second kappa shape index (κ2) is 8.77. The highest BCUT2D eigenvalue weighted by atomic mass is 16.6. The number of unbranched alkanes of at least 4 members (excludes halogenated alkanes) is 1. The van der Waals surface area contributed by atoms with Crippen molar-refractivity contribution in [2.45, 2.75) is 46.1 Å². The van der Waals surface area contributed by atoms with E-state index < -0.39 is 0 Å². The predicted octanol–water partition coefficient (Wildman–Crippen LogP) is 3.30. The lowest BCUT2D eigenvalue weighted by Crippen LogP contribution is -2.44. The Labute approximate surface area is 139 Å². The number of nitrogens with one attached hydrogen (secondary N) is 1. The molecule has 0 aliphatic carbocycles. The second-order valence-electron chi connectivity index (χ2n) is 5.73. The molecule has 1 aromatic rings. The number of fused-ring (bicyclic) bond motifs is 1. The van der Waals surface area contributed by atoms with Crippen molar-refractivity contribution in [1.82, 2.24) is 4.90 Å². The zero-order chi connectivity index (χ0) is 16.7. The summed E-state index contributed by atoms with van der Waals surface area (Å²) in [5, 5.41) is 3.03. The van der Waals surface area contributed by atoms with Crippen LogP contribution in [0.25, 0.3) is 0 Å². The van der Waals surface area contributed by atoms with E-state index in [1.165, 1.54) is 0 Å². The Morgan fingerprint density at radius 2 is 1.87 bits per heavy atom. The van der Waals surface area contributed by atoms with Crippen LogP contribution in [0.1, 0.15) is 40.0 Å². The van der Waals surface area contributed by atoms with Crippen LogP contribution in [-0.2, 0) is 4.79 Å². The molecule has 5 nitrogen and oxygen atoms in total. The van der Waals surface area contributed by atoms with Gasteiger partial charge in [0.2, 0.25) is 5.91 Å². The average molecular weight is 320 g/mol. The van der Waals surface area contributed by atoms with Crippen LogP contribution in [0.15, 0.2) is 18.2 Å². The van der Waals surface area contributed by atoms with E-state index in [4.69, 9.17) is 9.47 Å². The molecule has 0 bridgehead atoms. The topological polar surface area (TPSA) is 50.8 Å². The Morgan fingerprint density at radius 3 is 2.52 bits per heavy atom. The SMILES string of the molecule is CCCCC(C(=O)Nc1ccc2c(c1)OCCO2)N(CC)CC. The molecule has 1 aliphatic heterocycles. The van der Waals surface area contributed by atoms with Crippen molar-refractivity contribution in [3.8, 4) is 11.5 Å². The van der Waals surface area contributed by atoms with Gasteiger partial charge in [-0.05, 0) is 31.6 Å². The molecule has 23 heavy (non-hydrogen) atoms. The monoisotopic (exact) mass is 320 g/mol. The van der Waals surface area contributed by atoms with E-state index in [0.29, 0.717) is 19.0 Å². The van der Waals surface area contributed by atoms with Crippen LogP contribution in [0.3, 0.4) is 0 Å². The molecule has 2 rings (SSSR count). The molecular weight excluding hydrogens is 292 g/mol. The van der Waals surface area contributed by atoms with Gasteiger partial charge in [-0.15, -0.1) is 0 Å². The first-order valence-electron chi connectivity index (χ1n) is 8.64. The minimum atomic E-state index is -0.0850. The summed E-state index contributed by atoms with van der Waals surface area (Å²) in [4.78, 5) is 14.9. The van der Waals surface area contributed by atoms with E-state index in [-0.39, 0.29) is 11.9 Å². The van der Waals surface area contributed by atoms with E-state index in [2.05, 4.69) is 31.0 Å². The van der Waals surface area contributed by atoms with Crippen molar-refractivity contribution < 1.29 is 14.3 Å². The molecule has 1 heterocycles. The Hall–Kier alpha value is -1.75. The largest absolute Gasteiger partial charge is 0.486 e. The summed E-state index contributed by atoms with van der Waals surface area (Å²) in [5.74, 6) is 1.49. The fourth-order valence-corrected chi connectivity index (χ4v) is 2.89. The van der Waals surface area contributed by atoms with Crippen molar-refractivity contribution in [2.24, 2.45) is 0 Å². The van der Waals surface area contributed by atoms with E-state index in [0.717, 1.165) is 43.8 Å². The minimum Gasteiger partial charge on any atom is -0.486 e. The van der Waals surface area contributed by atoms with Crippen molar-refractivity contribution in [3.05, 3.63) is 18.2 Å². The number of hydrogen-bond acceptors (Lipinski definition) is 4. The molecule has 0 saturated heterocycles. The highest BCUT2D eigenvalue weighted by molar-refractivity contribution is 5.95. The third-order valence-corrected chi connectivity index (χ3v) is 4.20. The number of nitrogens with zero attached hydrogens (tertiary/aromatic N) is 1. The number of likely N-dealkylation sites (N-methyl/N-ethyl adjacent to an activating group) is 1. The fourth-order valence-electron chi connectivity index (χ4n) is 2.89. The van der Waals surface area contributed by atoms with Crippen LogP contribution in [0.2, 0.25) is 0 Å². The zero-order valence-corrected chi connectivity index (χ0v) is 14.4. The van der Waals surface area contributed by atoms with Gasteiger partial charge in [0.15, 0.2) is 11.5 Å². The Kier molecular flexibility index (Phi) is 6.71. The van der Waals surface area contributed by atoms with Crippen molar-refractivity contribution >= 4 is 11.6 Å². The molecule has 1 atom stereocenters. The summed E-state index contributed by atoms with van der Waals surface area (Å²) in [7, 11) is 0. The van der Waals surface area contributed by atoms with Gasteiger partial charge in [0, 0.05) is 11.8 Å². The number of carbonyl (C=O) groups excluding carboxylic acids is 1. The molecular formula is C18H28N2O3. The lowest BCUT2D eigenvalue weighted by atomic mass is 10.1. The molecule has 5 heteroatoms.